The summed E-state index contributed by atoms with van der Waals surface area (Å²) in [6.45, 7) is 4.84. The van der Waals surface area contributed by atoms with Crippen molar-refractivity contribution in [2.24, 2.45) is 5.92 Å². The third kappa shape index (κ3) is 3.81. The molecule has 0 saturated heterocycles. The van der Waals surface area contributed by atoms with E-state index in [1.54, 1.807) is 20.8 Å². The maximum Gasteiger partial charge on any atom is 0.416 e. The number of aliphatic hydroxyl groups excluding tert-OH is 1. The Balaban J connectivity index is 2.80. The highest BCUT2D eigenvalue weighted by molar-refractivity contribution is 7.09. The van der Waals surface area contributed by atoms with Gasteiger partial charge < -0.3 is 10.4 Å². The molecule has 8 heteroatoms. The van der Waals surface area contributed by atoms with E-state index in [9.17, 15) is 18.3 Å². The number of anilines is 1. The molecule has 0 aliphatic carbocycles. The van der Waals surface area contributed by atoms with Crippen LogP contribution in [0.3, 0.4) is 0 Å². The molecule has 1 aromatic rings. The van der Waals surface area contributed by atoms with Gasteiger partial charge in [-0.3, -0.25) is 0 Å². The molecule has 0 fully saturated rings. The Labute approximate surface area is 101 Å². The van der Waals surface area contributed by atoms with E-state index in [4.69, 9.17) is 0 Å². The van der Waals surface area contributed by atoms with Gasteiger partial charge in [0.15, 0.2) is 6.10 Å². The molecular formula is C9H14F3N3OS. The Morgan fingerprint density at radius 2 is 1.94 bits per heavy atom. The fourth-order valence-corrected chi connectivity index (χ4v) is 1.93. The molecule has 0 aliphatic rings. The summed E-state index contributed by atoms with van der Waals surface area (Å²) in [6, 6.07) is -1.14. The molecule has 1 aromatic heterocycles. The number of nitrogens with zero attached hydrogens (tertiary/aromatic N) is 2. The summed E-state index contributed by atoms with van der Waals surface area (Å²) in [6.07, 6.45) is -7.08. The average molecular weight is 269 g/mol. The minimum Gasteiger partial charge on any atom is -0.382 e. The minimum absolute atomic E-state index is 0.282. The highest BCUT2D eigenvalue weighted by atomic mass is 32.1. The van der Waals surface area contributed by atoms with Gasteiger partial charge in [-0.2, -0.15) is 17.5 Å². The van der Waals surface area contributed by atoms with Gasteiger partial charge in [0, 0.05) is 11.5 Å². The molecule has 1 heterocycles. The topological polar surface area (TPSA) is 58.0 Å². The van der Waals surface area contributed by atoms with E-state index in [1.165, 1.54) is 0 Å². The first kappa shape index (κ1) is 14.2. The van der Waals surface area contributed by atoms with Crippen molar-refractivity contribution in [3.63, 3.8) is 0 Å². The van der Waals surface area contributed by atoms with Gasteiger partial charge in [-0.05, 0) is 12.8 Å². The number of halogens is 3. The van der Waals surface area contributed by atoms with Crippen molar-refractivity contribution in [3.8, 4) is 0 Å². The molecule has 0 aliphatic heterocycles. The quantitative estimate of drug-likeness (QED) is 0.880. The van der Waals surface area contributed by atoms with Crippen LogP contribution in [0.2, 0.25) is 0 Å². The number of hydrogen-bond donors (Lipinski definition) is 2. The van der Waals surface area contributed by atoms with Gasteiger partial charge >= 0.3 is 6.18 Å². The van der Waals surface area contributed by atoms with E-state index in [0.29, 0.717) is 5.82 Å². The van der Waals surface area contributed by atoms with Crippen molar-refractivity contribution in [3.05, 3.63) is 5.82 Å². The molecule has 0 amide bonds. The maximum absolute atomic E-state index is 12.4. The van der Waals surface area contributed by atoms with Crippen molar-refractivity contribution in [2.45, 2.75) is 39.1 Å². The summed E-state index contributed by atoms with van der Waals surface area (Å²) in [7, 11) is 0. The van der Waals surface area contributed by atoms with Crippen molar-refractivity contribution in [1.29, 1.82) is 0 Å². The summed E-state index contributed by atoms with van der Waals surface area (Å²) in [5.41, 5.74) is 0. The number of aliphatic hydroxyl groups is 1. The molecular weight excluding hydrogens is 255 g/mol. The third-order valence-electron chi connectivity index (χ3n) is 2.21. The van der Waals surface area contributed by atoms with Gasteiger partial charge in [0.05, 0.1) is 6.04 Å². The molecule has 0 unspecified atom stereocenters. The predicted molar refractivity (Wildman–Crippen MR) is 59.0 cm³/mol. The van der Waals surface area contributed by atoms with Gasteiger partial charge in [0.25, 0.3) is 0 Å². The lowest BCUT2D eigenvalue weighted by Crippen LogP contribution is -2.47. The minimum atomic E-state index is -4.65. The van der Waals surface area contributed by atoms with Crippen LogP contribution in [0.1, 0.15) is 19.7 Å². The van der Waals surface area contributed by atoms with Crippen molar-refractivity contribution < 1.29 is 18.3 Å². The SMILES string of the molecule is Cc1nsc(N[C@@H](C(C)C)[C@H](O)C(F)(F)F)n1. The Bertz CT molecular complexity index is 367. The summed E-state index contributed by atoms with van der Waals surface area (Å²) in [5.74, 6) is 0.0948. The van der Waals surface area contributed by atoms with Gasteiger partial charge in [-0.1, -0.05) is 13.8 Å². The molecule has 0 saturated carbocycles. The van der Waals surface area contributed by atoms with Gasteiger partial charge in [-0.15, -0.1) is 0 Å². The Kier molecular flexibility index (Phi) is 4.31. The van der Waals surface area contributed by atoms with E-state index in [-0.39, 0.29) is 5.13 Å². The van der Waals surface area contributed by atoms with Crippen LogP contribution in [0, 0.1) is 12.8 Å². The van der Waals surface area contributed by atoms with Crippen LogP contribution in [0.4, 0.5) is 18.3 Å². The molecule has 0 radical (unpaired) electrons. The molecule has 0 aromatic carbocycles. The number of nitrogens with one attached hydrogen (secondary N) is 1. The lowest BCUT2D eigenvalue weighted by molar-refractivity contribution is -0.210. The van der Waals surface area contributed by atoms with Crippen LogP contribution in [0.5, 0.6) is 0 Å². The van der Waals surface area contributed by atoms with Gasteiger partial charge in [-0.25, -0.2) is 4.98 Å². The summed E-state index contributed by atoms with van der Waals surface area (Å²) in [4.78, 5) is 3.92. The number of aryl methyl sites for hydroxylation is 1. The first-order valence-corrected chi connectivity index (χ1v) is 5.80. The molecule has 0 bridgehead atoms. The van der Waals surface area contributed by atoms with Crippen LogP contribution < -0.4 is 5.32 Å². The number of rotatable bonds is 4. The molecule has 4 nitrogen and oxygen atoms in total. The normalized spacial score (nSPS) is 16.0. The van der Waals surface area contributed by atoms with Crippen molar-refractivity contribution >= 4 is 16.7 Å². The first-order valence-electron chi connectivity index (χ1n) is 5.03. The average Bonchev–Trinajstić information content (AvgIpc) is 2.57. The highest BCUT2D eigenvalue weighted by Gasteiger charge is 2.44. The van der Waals surface area contributed by atoms with Crippen LogP contribution in [0.25, 0.3) is 0 Å². The lowest BCUT2D eigenvalue weighted by atomic mass is 9.98. The monoisotopic (exact) mass is 269 g/mol. The zero-order valence-electron chi connectivity index (χ0n) is 9.62. The first-order chi connectivity index (χ1) is 7.71. The fourth-order valence-electron chi connectivity index (χ4n) is 1.31. The van der Waals surface area contributed by atoms with Crippen LogP contribution >= 0.6 is 11.5 Å². The Hall–Kier alpha value is -0.890. The number of aromatic nitrogens is 2. The zero-order chi connectivity index (χ0) is 13.2. The fraction of sp³-hybridized carbons (Fsp3) is 0.778. The summed E-state index contributed by atoms with van der Waals surface area (Å²) < 4.78 is 41.2. The van der Waals surface area contributed by atoms with E-state index in [2.05, 4.69) is 14.7 Å². The van der Waals surface area contributed by atoms with E-state index in [1.807, 2.05) is 0 Å². The zero-order valence-corrected chi connectivity index (χ0v) is 10.4. The lowest BCUT2D eigenvalue weighted by Gasteiger charge is -2.28. The molecule has 98 valence electrons. The molecule has 0 spiro atoms. The third-order valence-corrected chi connectivity index (χ3v) is 2.95. The van der Waals surface area contributed by atoms with Crippen LogP contribution in [-0.4, -0.2) is 32.8 Å². The summed E-state index contributed by atoms with van der Waals surface area (Å²) >= 11 is 0.973. The summed E-state index contributed by atoms with van der Waals surface area (Å²) in [5, 5.41) is 12.1. The number of alkyl halides is 3. The van der Waals surface area contributed by atoms with E-state index < -0.39 is 24.2 Å². The molecule has 17 heavy (non-hydrogen) atoms. The second-order valence-corrected chi connectivity index (χ2v) is 4.80. The van der Waals surface area contributed by atoms with Crippen LogP contribution in [-0.2, 0) is 0 Å². The predicted octanol–water partition coefficient (Wildman–Crippen LogP) is 2.21. The second kappa shape index (κ2) is 5.18. The second-order valence-electron chi connectivity index (χ2n) is 4.05. The Morgan fingerprint density at radius 3 is 2.29 bits per heavy atom. The smallest absolute Gasteiger partial charge is 0.382 e. The van der Waals surface area contributed by atoms with Crippen molar-refractivity contribution in [1.82, 2.24) is 9.36 Å². The van der Waals surface area contributed by atoms with Crippen molar-refractivity contribution in [2.75, 3.05) is 5.32 Å². The van der Waals surface area contributed by atoms with E-state index >= 15 is 0 Å². The molecule has 2 N–H and O–H groups in total. The van der Waals surface area contributed by atoms with Crippen LogP contribution in [0.15, 0.2) is 0 Å². The standard InChI is InChI=1S/C9H14F3N3OS/c1-4(2)6(7(16)9(10,11)12)14-8-13-5(3)15-17-8/h4,6-7,16H,1-3H3,(H,13,14,15)/t6-,7-/m0/s1. The maximum atomic E-state index is 12.4. The highest BCUT2D eigenvalue weighted by Crippen LogP contribution is 2.27. The largest absolute Gasteiger partial charge is 0.416 e. The number of hydrogen-bond acceptors (Lipinski definition) is 5. The van der Waals surface area contributed by atoms with E-state index in [0.717, 1.165) is 11.5 Å². The van der Waals surface area contributed by atoms with Gasteiger partial charge in [0.1, 0.15) is 5.82 Å². The molecule has 2 atom stereocenters. The van der Waals surface area contributed by atoms with Gasteiger partial charge in [0.2, 0.25) is 5.13 Å². The molecule has 1 rings (SSSR count). The Morgan fingerprint density at radius 1 is 1.35 bits per heavy atom.